The van der Waals surface area contributed by atoms with Crippen LogP contribution in [0.2, 0.25) is 0 Å². The predicted molar refractivity (Wildman–Crippen MR) is 92.8 cm³/mol. The van der Waals surface area contributed by atoms with Crippen molar-refractivity contribution in [1.29, 1.82) is 0 Å². The standard InChI is InChI=1S/C19H15F3N2O4/c20-12-5-6-13(21)15(8-12)23-17(25)10-28-19(27)11-7-18(26)24(9-11)16-4-2-1-3-14(16)22/h1-6,8,11H,7,9-10H2,(H,23,25)/t11-/m0/s1. The molecule has 28 heavy (non-hydrogen) atoms. The summed E-state index contributed by atoms with van der Waals surface area (Å²) in [7, 11) is 0. The van der Waals surface area contributed by atoms with Gasteiger partial charge in [-0.3, -0.25) is 14.4 Å². The lowest BCUT2D eigenvalue weighted by Crippen LogP contribution is -2.28. The van der Waals surface area contributed by atoms with Crippen LogP contribution in [0.15, 0.2) is 42.5 Å². The van der Waals surface area contributed by atoms with Crippen LogP contribution in [0.3, 0.4) is 0 Å². The smallest absolute Gasteiger partial charge is 0.311 e. The molecule has 1 saturated heterocycles. The lowest BCUT2D eigenvalue weighted by atomic mass is 10.1. The van der Waals surface area contributed by atoms with Crippen molar-refractivity contribution in [3.63, 3.8) is 0 Å². The van der Waals surface area contributed by atoms with Crippen molar-refractivity contribution < 1.29 is 32.3 Å². The van der Waals surface area contributed by atoms with Gasteiger partial charge in [0, 0.05) is 19.0 Å². The van der Waals surface area contributed by atoms with Crippen LogP contribution >= 0.6 is 0 Å². The summed E-state index contributed by atoms with van der Waals surface area (Å²) in [6.07, 6.45) is -0.187. The van der Waals surface area contributed by atoms with Crippen LogP contribution < -0.4 is 10.2 Å². The first kappa shape index (κ1) is 19.4. The van der Waals surface area contributed by atoms with Crippen molar-refractivity contribution >= 4 is 29.2 Å². The van der Waals surface area contributed by atoms with Gasteiger partial charge < -0.3 is 15.0 Å². The monoisotopic (exact) mass is 392 g/mol. The molecule has 0 aromatic heterocycles. The highest BCUT2D eigenvalue weighted by molar-refractivity contribution is 6.00. The fraction of sp³-hybridized carbons (Fsp3) is 0.211. The highest BCUT2D eigenvalue weighted by atomic mass is 19.1. The summed E-state index contributed by atoms with van der Waals surface area (Å²) in [5, 5.41) is 2.09. The van der Waals surface area contributed by atoms with Gasteiger partial charge >= 0.3 is 5.97 Å². The van der Waals surface area contributed by atoms with E-state index in [-0.39, 0.29) is 24.3 Å². The van der Waals surface area contributed by atoms with E-state index in [4.69, 9.17) is 4.74 Å². The van der Waals surface area contributed by atoms with Gasteiger partial charge in [0.25, 0.3) is 5.91 Å². The van der Waals surface area contributed by atoms with Gasteiger partial charge in [0.1, 0.15) is 17.5 Å². The first-order valence-corrected chi connectivity index (χ1v) is 8.31. The number of rotatable bonds is 5. The number of nitrogens with one attached hydrogen (secondary N) is 1. The van der Waals surface area contributed by atoms with E-state index in [2.05, 4.69) is 5.32 Å². The number of carbonyl (C=O) groups excluding carboxylic acids is 3. The fourth-order valence-electron chi connectivity index (χ4n) is 2.80. The maximum atomic E-state index is 13.8. The van der Waals surface area contributed by atoms with E-state index < -0.39 is 47.8 Å². The lowest BCUT2D eigenvalue weighted by Gasteiger charge is -2.17. The maximum Gasteiger partial charge on any atom is 0.311 e. The Kier molecular flexibility index (Phi) is 5.62. The highest BCUT2D eigenvalue weighted by Gasteiger charge is 2.37. The minimum absolute atomic E-state index is 0.0575. The number of para-hydroxylation sites is 1. The zero-order chi connectivity index (χ0) is 20.3. The van der Waals surface area contributed by atoms with Gasteiger partial charge in [0.05, 0.1) is 17.3 Å². The molecule has 0 saturated carbocycles. The van der Waals surface area contributed by atoms with Crippen LogP contribution in [0.4, 0.5) is 24.5 Å². The maximum absolute atomic E-state index is 13.8. The van der Waals surface area contributed by atoms with Crippen molar-refractivity contribution in [2.24, 2.45) is 5.92 Å². The molecule has 9 heteroatoms. The summed E-state index contributed by atoms with van der Waals surface area (Å²) in [5.41, 5.74) is -0.329. The third-order valence-corrected chi connectivity index (χ3v) is 4.15. The molecule has 1 aliphatic rings. The molecule has 6 nitrogen and oxygen atoms in total. The second-order valence-electron chi connectivity index (χ2n) is 6.14. The summed E-state index contributed by atoms with van der Waals surface area (Å²) in [6, 6.07) is 8.18. The largest absolute Gasteiger partial charge is 0.455 e. The number of hydrogen-bond donors (Lipinski definition) is 1. The Morgan fingerprint density at radius 3 is 2.61 bits per heavy atom. The van der Waals surface area contributed by atoms with Crippen molar-refractivity contribution in [3.8, 4) is 0 Å². The van der Waals surface area contributed by atoms with Crippen LogP contribution in [0.1, 0.15) is 6.42 Å². The molecule has 0 radical (unpaired) electrons. The number of halogens is 3. The SMILES string of the molecule is O=C(COC(=O)[C@H]1CC(=O)N(c2ccccc2F)C1)Nc1cc(F)ccc1F. The number of hydrogen-bond acceptors (Lipinski definition) is 4. The van der Waals surface area contributed by atoms with E-state index in [0.29, 0.717) is 0 Å². The average molecular weight is 392 g/mol. The highest BCUT2D eigenvalue weighted by Crippen LogP contribution is 2.27. The molecule has 0 unspecified atom stereocenters. The van der Waals surface area contributed by atoms with E-state index in [1.807, 2.05) is 0 Å². The molecule has 3 rings (SSSR count). The van der Waals surface area contributed by atoms with Gasteiger partial charge in [-0.2, -0.15) is 0 Å². The van der Waals surface area contributed by atoms with E-state index in [1.165, 1.54) is 18.2 Å². The lowest BCUT2D eigenvalue weighted by molar-refractivity contribution is -0.151. The third kappa shape index (κ3) is 4.30. The van der Waals surface area contributed by atoms with Crippen molar-refractivity contribution in [1.82, 2.24) is 0 Å². The van der Waals surface area contributed by atoms with Crippen LogP contribution in [0, 0.1) is 23.4 Å². The van der Waals surface area contributed by atoms with E-state index in [9.17, 15) is 27.6 Å². The van der Waals surface area contributed by atoms with Crippen LogP contribution in [0.25, 0.3) is 0 Å². The number of anilines is 2. The molecule has 1 heterocycles. The van der Waals surface area contributed by atoms with Crippen molar-refractivity contribution in [2.75, 3.05) is 23.4 Å². The number of amides is 2. The van der Waals surface area contributed by atoms with Crippen LogP contribution in [0.5, 0.6) is 0 Å². The number of esters is 1. The quantitative estimate of drug-likeness (QED) is 0.794. The summed E-state index contributed by atoms with van der Waals surface area (Å²) in [6.45, 7) is -0.822. The molecular formula is C19H15F3N2O4. The third-order valence-electron chi connectivity index (χ3n) is 4.15. The zero-order valence-electron chi connectivity index (χ0n) is 14.5. The minimum atomic E-state index is -0.870. The second kappa shape index (κ2) is 8.12. The molecule has 1 fully saturated rings. The molecule has 1 atom stereocenters. The predicted octanol–water partition coefficient (Wildman–Crippen LogP) is 2.64. The van der Waals surface area contributed by atoms with E-state index >= 15 is 0 Å². The van der Waals surface area contributed by atoms with Gasteiger partial charge in [-0.15, -0.1) is 0 Å². The topological polar surface area (TPSA) is 75.7 Å². The second-order valence-corrected chi connectivity index (χ2v) is 6.14. The zero-order valence-corrected chi connectivity index (χ0v) is 14.5. The molecule has 0 spiro atoms. The Hall–Kier alpha value is -3.36. The number of benzene rings is 2. The van der Waals surface area contributed by atoms with Gasteiger partial charge in [-0.1, -0.05) is 12.1 Å². The molecule has 2 amide bonds. The molecule has 1 aliphatic heterocycles. The molecule has 2 aromatic carbocycles. The molecule has 0 aliphatic carbocycles. The van der Waals surface area contributed by atoms with Gasteiger partial charge in [-0.25, -0.2) is 13.2 Å². The van der Waals surface area contributed by atoms with Crippen molar-refractivity contribution in [3.05, 3.63) is 59.9 Å². The Balaban J connectivity index is 1.55. The first-order valence-electron chi connectivity index (χ1n) is 8.31. The molecule has 1 N–H and O–H groups in total. The average Bonchev–Trinajstić information content (AvgIpc) is 3.05. The van der Waals surface area contributed by atoms with E-state index in [0.717, 1.165) is 23.1 Å². The fourth-order valence-corrected chi connectivity index (χ4v) is 2.80. The summed E-state index contributed by atoms with van der Waals surface area (Å²) in [4.78, 5) is 37.1. The summed E-state index contributed by atoms with van der Waals surface area (Å²) < 4.78 is 45.3. The Morgan fingerprint density at radius 1 is 1.11 bits per heavy atom. The minimum Gasteiger partial charge on any atom is -0.455 e. The number of carbonyl (C=O) groups is 3. The molecule has 0 bridgehead atoms. The van der Waals surface area contributed by atoms with Crippen LogP contribution in [-0.2, 0) is 19.1 Å². The molecular weight excluding hydrogens is 377 g/mol. The summed E-state index contributed by atoms with van der Waals surface area (Å²) >= 11 is 0. The number of nitrogens with zero attached hydrogens (tertiary/aromatic N) is 1. The van der Waals surface area contributed by atoms with Crippen molar-refractivity contribution in [2.45, 2.75) is 6.42 Å². The van der Waals surface area contributed by atoms with Gasteiger partial charge in [0.2, 0.25) is 5.91 Å². The number of ether oxygens (including phenoxy) is 1. The molecule has 146 valence electrons. The van der Waals surface area contributed by atoms with Gasteiger partial charge in [-0.05, 0) is 24.3 Å². The van der Waals surface area contributed by atoms with Crippen LogP contribution in [-0.4, -0.2) is 30.9 Å². The Morgan fingerprint density at radius 2 is 1.86 bits per heavy atom. The Bertz CT molecular complexity index is 935. The van der Waals surface area contributed by atoms with Gasteiger partial charge in [0.15, 0.2) is 6.61 Å². The first-order chi connectivity index (χ1) is 13.3. The summed E-state index contributed by atoms with van der Waals surface area (Å²) in [5.74, 6) is -5.19. The molecule has 2 aromatic rings. The van der Waals surface area contributed by atoms with E-state index in [1.54, 1.807) is 6.07 Å². The normalized spacial score (nSPS) is 16.2. The Labute approximate surface area is 157 Å².